The van der Waals surface area contributed by atoms with Crippen molar-refractivity contribution >= 4 is 29.3 Å². The molecular formula is C19H23N3O2S. The summed E-state index contributed by atoms with van der Waals surface area (Å²) < 4.78 is 0. The van der Waals surface area contributed by atoms with Gasteiger partial charge in [-0.3, -0.25) is 14.6 Å². The topological polar surface area (TPSA) is 62.3 Å². The van der Waals surface area contributed by atoms with Crippen molar-refractivity contribution < 1.29 is 9.59 Å². The normalized spacial score (nSPS) is 10.3. The van der Waals surface area contributed by atoms with Crippen LogP contribution in [0.4, 0.5) is 5.69 Å². The molecule has 0 bridgehead atoms. The SMILES string of the molecule is CCN(CC)C(=O)c1cccc(NC(=O)CSCc2ccccn2)c1. The van der Waals surface area contributed by atoms with E-state index in [2.05, 4.69) is 10.3 Å². The molecule has 2 rings (SSSR count). The van der Waals surface area contributed by atoms with Gasteiger partial charge < -0.3 is 10.2 Å². The maximum Gasteiger partial charge on any atom is 0.253 e. The number of nitrogens with one attached hydrogen (secondary N) is 1. The molecule has 0 atom stereocenters. The summed E-state index contributed by atoms with van der Waals surface area (Å²) in [5, 5.41) is 2.85. The van der Waals surface area contributed by atoms with Crippen LogP contribution in [0.25, 0.3) is 0 Å². The first-order valence-corrected chi connectivity index (χ1v) is 9.46. The third-order valence-corrected chi connectivity index (χ3v) is 4.62. The number of rotatable bonds is 8. The number of carbonyl (C=O) groups excluding carboxylic acids is 2. The molecule has 0 fully saturated rings. The first-order chi connectivity index (χ1) is 12.1. The zero-order chi connectivity index (χ0) is 18.1. The summed E-state index contributed by atoms with van der Waals surface area (Å²) in [6.45, 7) is 5.23. The van der Waals surface area contributed by atoms with Gasteiger partial charge in [-0.25, -0.2) is 0 Å². The van der Waals surface area contributed by atoms with E-state index in [1.807, 2.05) is 32.0 Å². The number of nitrogens with zero attached hydrogens (tertiary/aromatic N) is 2. The number of benzene rings is 1. The summed E-state index contributed by atoms with van der Waals surface area (Å²) in [5.41, 5.74) is 2.18. The Morgan fingerprint density at radius 1 is 1.12 bits per heavy atom. The summed E-state index contributed by atoms with van der Waals surface area (Å²) in [4.78, 5) is 30.4. The summed E-state index contributed by atoms with van der Waals surface area (Å²) in [6.07, 6.45) is 1.74. The molecule has 0 saturated heterocycles. The number of carbonyl (C=O) groups is 2. The van der Waals surface area contributed by atoms with Gasteiger partial charge in [0.25, 0.3) is 5.91 Å². The van der Waals surface area contributed by atoms with E-state index in [1.165, 1.54) is 11.8 Å². The quantitative estimate of drug-likeness (QED) is 0.786. The van der Waals surface area contributed by atoms with Crippen molar-refractivity contribution in [1.82, 2.24) is 9.88 Å². The van der Waals surface area contributed by atoms with Gasteiger partial charge in [0, 0.05) is 36.3 Å². The van der Waals surface area contributed by atoms with Gasteiger partial charge in [0.2, 0.25) is 5.91 Å². The second-order valence-electron chi connectivity index (χ2n) is 5.42. The zero-order valence-electron chi connectivity index (χ0n) is 14.6. The molecule has 0 saturated carbocycles. The molecule has 0 unspecified atom stereocenters. The number of pyridine rings is 1. The first kappa shape index (κ1) is 19.0. The molecule has 1 aromatic carbocycles. The average molecular weight is 357 g/mol. The fourth-order valence-electron chi connectivity index (χ4n) is 2.35. The first-order valence-electron chi connectivity index (χ1n) is 8.30. The Balaban J connectivity index is 1.88. The molecular weight excluding hydrogens is 334 g/mol. The highest BCUT2D eigenvalue weighted by atomic mass is 32.2. The van der Waals surface area contributed by atoms with Gasteiger partial charge in [0.05, 0.1) is 11.4 Å². The van der Waals surface area contributed by atoms with Gasteiger partial charge in [-0.1, -0.05) is 12.1 Å². The van der Waals surface area contributed by atoms with Crippen LogP contribution in [0.3, 0.4) is 0 Å². The lowest BCUT2D eigenvalue weighted by Gasteiger charge is -2.19. The van der Waals surface area contributed by atoms with Crippen molar-refractivity contribution in [2.45, 2.75) is 19.6 Å². The van der Waals surface area contributed by atoms with Gasteiger partial charge >= 0.3 is 0 Å². The Kier molecular flexibility index (Phi) is 7.47. The number of amides is 2. The van der Waals surface area contributed by atoms with Gasteiger partial charge in [-0.05, 0) is 44.2 Å². The van der Waals surface area contributed by atoms with E-state index >= 15 is 0 Å². The van der Waals surface area contributed by atoms with E-state index in [0.717, 1.165) is 5.69 Å². The molecule has 25 heavy (non-hydrogen) atoms. The Morgan fingerprint density at radius 2 is 1.92 bits per heavy atom. The van der Waals surface area contributed by atoms with Crippen LogP contribution in [0, 0.1) is 0 Å². The van der Waals surface area contributed by atoms with Crippen molar-refractivity contribution in [2.75, 3.05) is 24.2 Å². The fourth-order valence-corrected chi connectivity index (χ4v) is 3.09. The standard InChI is InChI=1S/C19H23N3O2S/c1-3-22(4-2)19(24)15-8-7-10-16(12-15)21-18(23)14-25-13-17-9-5-6-11-20-17/h5-12H,3-4,13-14H2,1-2H3,(H,21,23). The fraction of sp³-hybridized carbons (Fsp3) is 0.316. The lowest BCUT2D eigenvalue weighted by Crippen LogP contribution is -2.30. The van der Waals surface area contributed by atoms with Crippen molar-refractivity contribution in [2.24, 2.45) is 0 Å². The average Bonchev–Trinajstić information content (AvgIpc) is 2.63. The van der Waals surface area contributed by atoms with Gasteiger partial charge in [0.1, 0.15) is 0 Å². The number of aromatic nitrogens is 1. The van der Waals surface area contributed by atoms with Gasteiger partial charge in [-0.15, -0.1) is 11.8 Å². The van der Waals surface area contributed by atoms with Crippen LogP contribution in [-0.4, -0.2) is 40.5 Å². The molecule has 6 heteroatoms. The van der Waals surface area contributed by atoms with E-state index < -0.39 is 0 Å². The lowest BCUT2D eigenvalue weighted by molar-refractivity contribution is -0.113. The Hall–Kier alpha value is -2.34. The van der Waals surface area contributed by atoms with Crippen LogP contribution in [0.1, 0.15) is 29.9 Å². The maximum atomic E-state index is 12.4. The van der Waals surface area contributed by atoms with E-state index in [1.54, 1.807) is 35.4 Å². The number of anilines is 1. The van der Waals surface area contributed by atoms with Crippen molar-refractivity contribution in [3.8, 4) is 0 Å². The van der Waals surface area contributed by atoms with Gasteiger partial charge in [0.15, 0.2) is 0 Å². The van der Waals surface area contributed by atoms with Crippen LogP contribution >= 0.6 is 11.8 Å². The van der Waals surface area contributed by atoms with Crippen LogP contribution in [0.2, 0.25) is 0 Å². The molecule has 0 aliphatic heterocycles. The Morgan fingerprint density at radius 3 is 2.60 bits per heavy atom. The zero-order valence-corrected chi connectivity index (χ0v) is 15.4. The Labute approximate surface area is 152 Å². The lowest BCUT2D eigenvalue weighted by atomic mass is 10.1. The predicted molar refractivity (Wildman–Crippen MR) is 103 cm³/mol. The van der Waals surface area contributed by atoms with E-state index in [9.17, 15) is 9.59 Å². The van der Waals surface area contributed by atoms with Crippen molar-refractivity contribution in [3.05, 3.63) is 59.9 Å². The molecule has 0 aliphatic carbocycles. The highest BCUT2D eigenvalue weighted by Gasteiger charge is 2.13. The van der Waals surface area contributed by atoms with E-state index in [0.29, 0.717) is 35.8 Å². The van der Waals surface area contributed by atoms with Gasteiger partial charge in [-0.2, -0.15) is 0 Å². The van der Waals surface area contributed by atoms with E-state index in [-0.39, 0.29) is 11.8 Å². The highest BCUT2D eigenvalue weighted by Crippen LogP contribution is 2.15. The van der Waals surface area contributed by atoms with E-state index in [4.69, 9.17) is 0 Å². The predicted octanol–water partition coefficient (Wildman–Crippen LogP) is 3.44. The summed E-state index contributed by atoms with van der Waals surface area (Å²) >= 11 is 1.51. The monoisotopic (exact) mass is 357 g/mol. The van der Waals surface area contributed by atoms with Crippen LogP contribution < -0.4 is 5.32 Å². The van der Waals surface area contributed by atoms with Crippen LogP contribution in [-0.2, 0) is 10.5 Å². The molecule has 1 heterocycles. The third kappa shape index (κ3) is 5.90. The summed E-state index contributed by atoms with van der Waals surface area (Å²) in [6, 6.07) is 12.8. The summed E-state index contributed by atoms with van der Waals surface area (Å²) in [7, 11) is 0. The number of hydrogen-bond donors (Lipinski definition) is 1. The molecule has 1 aromatic heterocycles. The second-order valence-corrected chi connectivity index (χ2v) is 6.41. The Bertz CT molecular complexity index is 703. The molecule has 2 aromatic rings. The molecule has 1 N–H and O–H groups in total. The molecule has 2 amide bonds. The van der Waals surface area contributed by atoms with Crippen LogP contribution in [0.15, 0.2) is 48.7 Å². The molecule has 5 nitrogen and oxygen atoms in total. The van der Waals surface area contributed by atoms with Crippen LogP contribution in [0.5, 0.6) is 0 Å². The largest absolute Gasteiger partial charge is 0.339 e. The minimum absolute atomic E-state index is 0.0226. The smallest absolute Gasteiger partial charge is 0.253 e. The van der Waals surface area contributed by atoms with Crippen molar-refractivity contribution in [3.63, 3.8) is 0 Å². The molecule has 0 radical (unpaired) electrons. The third-order valence-electron chi connectivity index (χ3n) is 3.65. The maximum absolute atomic E-state index is 12.4. The minimum Gasteiger partial charge on any atom is -0.339 e. The molecule has 0 aliphatic rings. The minimum atomic E-state index is -0.0895. The molecule has 132 valence electrons. The summed E-state index contributed by atoms with van der Waals surface area (Å²) in [5.74, 6) is 0.915. The number of hydrogen-bond acceptors (Lipinski definition) is 4. The van der Waals surface area contributed by atoms with Crippen molar-refractivity contribution in [1.29, 1.82) is 0 Å². The highest BCUT2D eigenvalue weighted by molar-refractivity contribution is 7.99. The molecule has 0 spiro atoms. The second kappa shape index (κ2) is 9.84. The number of thioether (sulfide) groups is 1.